The third-order valence-corrected chi connectivity index (χ3v) is 7.68. The van der Waals surface area contributed by atoms with E-state index in [0.717, 1.165) is 52.1 Å². The number of rotatable bonds is 22. The molecule has 1 heterocycles. The Kier molecular flexibility index (Phi) is 17.0. The van der Waals surface area contributed by atoms with Crippen LogP contribution < -0.4 is 39.1 Å². The zero-order valence-corrected chi connectivity index (χ0v) is 29.8. The minimum atomic E-state index is -0.163. The van der Waals surface area contributed by atoms with E-state index in [-0.39, 0.29) is 11.8 Å². The van der Waals surface area contributed by atoms with Gasteiger partial charge in [0, 0.05) is 50.4 Å². The molecule has 0 atom stereocenters. The van der Waals surface area contributed by atoms with E-state index in [1.54, 1.807) is 24.3 Å². The Hall–Kier alpha value is -3.90. The van der Waals surface area contributed by atoms with Crippen LogP contribution in [-0.2, 0) is 0 Å². The Morgan fingerprint density at radius 1 is 0.521 bits per heavy atom. The first-order chi connectivity index (χ1) is 23.4. The maximum absolute atomic E-state index is 13.0. The van der Waals surface area contributed by atoms with Crippen molar-refractivity contribution in [3.8, 4) is 34.5 Å². The molecule has 12 heteroatoms. The van der Waals surface area contributed by atoms with Gasteiger partial charge in [-0.3, -0.25) is 9.59 Å². The van der Waals surface area contributed by atoms with Gasteiger partial charge in [0.2, 0.25) is 11.5 Å². The molecule has 1 fully saturated rings. The van der Waals surface area contributed by atoms with Crippen molar-refractivity contribution in [2.24, 2.45) is 0 Å². The zero-order chi connectivity index (χ0) is 34.7. The predicted molar refractivity (Wildman–Crippen MR) is 187 cm³/mol. The molecule has 2 N–H and O–H groups in total. The summed E-state index contributed by atoms with van der Waals surface area (Å²) < 4.78 is 34.5. The molecule has 0 aliphatic carbocycles. The monoisotopic (exact) mass is 672 g/mol. The maximum Gasteiger partial charge on any atom is 0.251 e. The molecule has 48 heavy (non-hydrogen) atoms. The van der Waals surface area contributed by atoms with E-state index >= 15 is 0 Å². The van der Waals surface area contributed by atoms with E-state index < -0.39 is 0 Å². The van der Waals surface area contributed by atoms with Gasteiger partial charge < -0.3 is 48.9 Å². The summed E-state index contributed by atoms with van der Waals surface area (Å²) in [5, 5.41) is 6.07. The number of nitrogens with zero attached hydrogens (tertiary/aromatic N) is 2. The van der Waals surface area contributed by atoms with Gasteiger partial charge in [-0.25, -0.2) is 0 Å². The lowest BCUT2D eigenvalue weighted by molar-refractivity contribution is 0.0934. The lowest BCUT2D eigenvalue weighted by Crippen LogP contribution is -2.47. The van der Waals surface area contributed by atoms with Gasteiger partial charge in [0.05, 0.1) is 39.6 Å². The second-order valence-corrected chi connectivity index (χ2v) is 11.1. The minimum absolute atomic E-state index is 0.163. The average molecular weight is 673 g/mol. The normalized spacial score (nSPS) is 13.5. The lowest BCUT2D eigenvalue weighted by Gasteiger charge is -2.34. The summed E-state index contributed by atoms with van der Waals surface area (Å²) in [6.07, 6.45) is 1.71. The van der Waals surface area contributed by atoms with Gasteiger partial charge in [-0.05, 0) is 91.7 Å². The van der Waals surface area contributed by atoms with Crippen molar-refractivity contribution in [1.29, 1.82) is 0 Å². The molecule has 12 nitrogen and oxygen atoms in total. The van der Waals surface area contributed by atoms with Crippen molar-refractivity contribution in [1.82, 2.24) is 20.4 Å². The molecule has 0 bridgehead atoms. The van der Waals surface area contributed by atoms with Crippen LogP contribution in [0.2, 0.25) is 0 Å². The SMILES string of the molecule is CCOc1cc(C(=O)NCCCN2CCN(CCCNC(=O)c3cc(OCC)c(OCC)c(OCC)c3)CC2)cc(OCC)c1OCC. The molecule has 2 aromatic carbocycles. The maximum atomic E-state index is 13.0. The molecule has 1 aliphatic heterocycles. The fraction of sp³-hybridized carbons (Fsp3) is 0.611. The van der Waals surface area contributed by atoms with Gasteiger partial charge in [-0.15, -0.1) is 0 Å². The number of amides is 2. The van der Waals surface area contributed by atoms with E-state index in [1.807, 2.05) is 41.5 Å². The third-order valence-electron chi connectivity index (χ3n) is 7.68. The minimum Gasteiger partial charge on any atom is -0.490 e. The lowest BCUT2D eigenvalue weighted by atomic mass is 10.1. The van der Waals surface area contributed by atoms with E-state index in [4.69, 9.17) is 28.4 Å². The number of hydrogen-bond acceptors (Lipinski definition) is 10. The average Bonchev–Trinajstić information content (AvgIpc) is 3.08. The first-order valence-corrected chi connectivity index (χ1v) is 17.5. The fourth-order valence-electron chi connectivity index (χ4n) is 5.49. The molecule has 0 saturated carbocycles. The molecule has 268 valence electrons. The van der Waals surface area contributed by atoms with Crippen LogP contribution in [0.15, 0.2) is 24.3 Å². The Bertz CT molecular complexity index is 1130. The first-order valence-electron chi connectivity index (χ1n) is 17.5. The third kappa shape index (κ3) is 11.7. The highest BCUT2D eigenvalue weighted by molar-refractivity contribution is 5.96. The quantitative estimate of drug-likeness (QED) is 0.171. The van der Waals surface area contributed by atoms with Crippen molar-refractivity contribution in [2.75, 3.05) is 92.0 Å². The molecule has 3 rings (SSSR count). The Morgan fingerprint density at radius 2 is 0.812 bits per heavy atom. The number of carbonyl (C=O) groups is 2. The van der Waals surface area contributed by atoms with Crippen molar-refractivity contribution in [3.63, 3.8) is 0 Å². The highest BCUT2D eigenvalue weighted by Crippen LogP contribution is 2.40. The van der Waals surface area contributed by atoms with Crippen LogP contribution in [0.1, 0.15) is 75.1 Å². The van der Waals surface area contributed by atoms with Gasteiger partial charge in [-0.1, -0.05) is 0 Å². The van der Waals surface area contributed by atoms with Gasteiger partial charge in [0.1, 0.15) is 0 Å². The Labute approximate surface area is 286 Å². The van der Waals surface area contributed by atoms with Crippen LogP contribution in [-0.4, -0.2) is 114 Å². The molecule has 2 aromatic rings. The summed E-state index contributed by atoms with van der Waals surface area (Å²) in [6, 6.07) is 6.86. The van der Waals surface area contributed by atoms with Crippen LogP contribution in [0.25, 0.3) is 0 Å². The molecule has 2 amide bonds. The van der Waals surface area contributed by atoms with Crippen LogP contribution in [0.3, 0.4) is 0 Å². The van der Waals surface area contributed by atoms with E-state index in [2.05, 4.69) is 20.4 Å². The van der Waals surface area contributed by atoms with Crippen molar-refractivity contribution >= 4 is 11.8 Å². The molecule has 1 aliphatic rings. The second-order valence-electron chi connectivity index (χ2n) is 11.1. The highest BCUT2D eigenvalue weighted by Gasteiger charge is 2.21. The van der Waals surface area contributed by atoms with Crippen molar-refractivity contribution < 1.29 is 38.0 Å². The van der Waals surface area contributed by atoms with Gasteiger partial charge >= 0.3 is 0 Å². The first kappa shape index (κ1) is 38.5. The van der Waals surface area contributed by atoms with Crippen molar-refractivity contribution in [2.45, 2.75) is 54.4 Å². The number of ether oxygens (including phenoxy) is 6. The molecule has 0 spiro atoms. The van der Waals surface area contributed by atoms with Crippen LogP contribution >= 0.6 is 0 Å². The Morgan fingerprint density at radius 3 is 1.08 bits per heavy atom. The summed E-state index contributed by atoms with van der Waals surface area (Å²) in [4.78, 5) is 30.8. The zero-order valence-electron chi connectivity index (χ0n) is 29.8. The topological polar surface area (TPSA) is 120 Å². The number of hydrogen-bond donors (Lipinski definition) is 2. The number of benzene rings is 2. The summed E-state index contributed by atoms with van der Waals surface area (Å²) >= 11 is 0. The number of nitrogens with one attached hydrogen (secondary N) is 2. The molecule has 0 aromatic heterocycles. The molecular formula is C36H56N4O8. The van der Waals surface area contributed by atoms with Gasteiger partial charge in [0.15, 0.2) is 23.0 Å². The molecular weight excluding hydrogens is 616 g/mol. The Balaban J connectivity index is 1.38. The molecule has 0 radical (unpaired) electrons. The largest absolute Gasteiger partial charge is 0.490 e. The van der Waals surface area contributed by atoms with E-state index in [0.29, 0.717) is 98.4 Å². The fourth-order valence-corrected chi connectivity index (χ4v) is 5.49. The van der Waals surface area contributed by atoms with Crippen molar-refractivity contribution in [3.05, 3.63) is 35.4 Å². The van der Waals surface area contributed by atoms with Gasteiger partial charge in [-0.2, -0.15) is 0 Å². The molecule has 1 saturated heterocycles. The number of piperazine rings is 1. The van der Waals surface area contributed by atoms with E-state index in [1.165, 1.54) is 0 Å². The summed E-state index contributed by atoms with van der Waals surface area (Å²) in [7, 11) is 0. The second kappa shape index (κ2) is 21.1. The predicted octanol–water partition coefficient (Wildman–Crippen LogP) is 4.64. The smallest absolute Gasteiger partial charge is 0.251 e. The summed E-state index contributed by atoms with van der Waals surface area (Å²) in [5.74, 6) is 2.77. The van der Waals surface area contributed by atoms with Gasteiger partial charge in [0.25, 0.3) is 11.8 Å². The summed E-state index contributed by atoms with van der Waals surface area (Å²) in [5.41, 5.74) is 0.973. The highest BCUT2D eigenvalue weighted by atomic mass is 16.5. The number of carbonyl (C=O) groups excluding carboxylic acids is 2. The molecule has 0 unspecified atom stereocenters. The standard InChI is InChI=1S/C36H56N4O8/c1-7-43-29-23-27(24-30(44-8-2)33(29)47-11-5)35(41)37-15-13-17-39-19-21-40(22-20-39)18-14-16-38-36(42)28-25-31(45-9-3)34(48-12-6)32(26-28)46-10-4/h23-26H,7-22H2,1-6H3,(H,37,41)(H,38,42). The summed E-state index contributed by atoms with van der Waals surface area (Å²) in [6.45, 7) is 21.0. The van der Waals surface area contributed by atoms with E-state index in [9.17, 15) is 9.59 Å². The van der Waals surface area contributed by atoms with Crippen LogP contribution in [0.5, 0.6) is 34.5 Å². The van der Waals surface area contributed by atoms with Crippen LogP contribution in [0.4, 0.5) is 0 Å². The van der Waals surface area contributed by atoms with Crippen LogP contribution in [0, 0.1) is 0 Å².